The third kappa shape index (κ3) is 4.25. The number of benzene rings is 1. The molecule has 2 heterocycles. The summed E-state index contributed by atoms with van der Waals surface area (Å²) < 4.78 is 10.3. The van der Waals surface area contributed by atoms with Gasteiger partial charge in [0.1, 0.15) is 12.2 Å². The van der Waals surface area contributed by atoms with E-state index >= 15 is 0 Å². The Labute approximate surface area is 150 Å². The molecular formula is C19H19N3O4. The molecule has 3 aromatic rings. The number of aromatic amines is 1. The molecule has 0 spiro atoms. The van der Waals surface area contributed by atoms with Gasteiger partial charge < -0.3 is 19.8 Å². The van der Waals surface area contributed by atoms with Crippen LogP contribution in [-0.4, -0.2) is 36.2 Å². The standard InChI is InChI=1S/C19H19N3O4/c1-25-8-9-26-17-7-6-13(11-20-17)12-21-18(23)15-10-14-4-2-3-5-16(14)22-19(15)24/h2-7,10-11H,8-9,12H2,1H3,(H,21,23)(H,22,24). The molecule has 0 saturated carbocycles. The molecule has 26 heavy (non-hydrogen) atoms. The molecule has 0 unspecified atom stereocenters. The lowest BCUT2D eigenvalue weighted by molar-refractivity contribution is 0.0949. The number of pyridine rings is 2. The maximum Gasteiger partial charge on any atom is 0.261 e. The van der Waals surface area contributed by atoms with Crippen LogP contribution in [0, 0.1) is 0 Å². The topological polar surface area (TPSA) is 93.3 Å². The fourth-order valence-electron chi connectivity index (χ4n) is 2.42. The van der Waals surface area contributed by atoms with E-state index in [1.165, 1.54) is 0 Å². The monoisotopic (exact) mass is 353 g/mol. The number of H-pyrrole nitrogens is 1. The van der Waals surface area contributed by atoms with E-state index in [0.717, 1.165) is 10.9 Å². The zero-order chi connectivity index (χ0) is 18.4. The molecule has 7 nitrogen and oxygen atoms in total. The molecule has 0 saturated heterocycles. The zero-order valence-corrected chi connectivity index (χ0v) is 14.3. The fraction of sp³-hybridized carbons (Fsp3) is 0.211. The van der Waals surface area contributed by atoms with Gasteiger partial charge in [0.05, 0.1) is 6.61 Å². The van der Waals surface area contributed by atoms with E-state index in [-0.39, 0.29) is 12.1 Å². The molecule has 7 heteroatoms. The Morgan fingerprint density at radius 2 is 2.04 bits per heavy atom. The van der Waals surface area contributed by atoms with Crippen molar-refractivity contribution in [1.29, 1.82) is 0 Å². The Morgan fingerprint density at radius 1 is 1.19 bits per heavy atom. The lowest BCUT2D eigenvalue weighted by Gasteiger charge is -2.07. The number of fused-ring (bicyclic) bond motifs is 1. The number of amides is 1. The van der Waals surface area contributed by atoms with Crippen molar-refractivity contribution in [1.82, 2.24) is 15.3 Å². The number of nitrogens with one attached hydrogen (secondary N) is 2. The molecule has 0 radical (unpaired) electrons. The molecule has 0 aliphatic heterocycles. The smallest absolute Gasteiger partial charge is 0.261 e. The second-order valence-corrected chi connectivity index (χ2v) is 5.63. The van der Waals surface area contributed by atoms with Crippen molar-refractivity contribution in [3.63, 3.8) is 0 Å². The van der Waals surface area contributed by atoms with Crippen LogP contribution in [0.2, 0.25) is 0 Å². The quantitative estimate of drug-likeness (QED) is 0.633. The third-order valence-electron chi connectivity index (χ3n) is 3.79. The van der Waals surface area contributed by atoms with Crippen LogP contribution in [0.15, 0.2) is 53.5 Å². The van der Waals surface area contributed by atoms with E-state index in [4.69, 9.17) is 9.47 Å². The zero-order valence-electron chi connectivity index (χ0n) is 14.3. The van der Waals surface area contributed by atoms with E-state index in [1.54, 1.807) is 37.6 Å². The number of nitrogens with zero attached hydrogens (tertiary/aromatic N) is 1. The average molecular weight is 353 g/mol. The van der Waals surface area contributed by atoms with Crippen molar-refractivity contribution in [2.45, 2.75) is 6.54 Å². The van der Waals surface area contributed by atoms with Gasteiger partial charge in [-0.25, -0.2) is 4.98 Å². The number of aromatic nitrogens is 2. The molecule has 2 aromatic heterocycles. The van der Waals surface area contributed by atoms with Gasteiger partial charge in [0.15, 0.2) is 0 Å². The van der Waals surface area contributed by atoms with Crippen molar-refractivity contribution < 1.29 is 14.3 Å². The van der Waals surface area contributed by atoms with Crippen molar-refractivity contribution in [3.8, 4) is 5.88 Å². The summed E-state index contributed by atoms with van der Waals surface area (Å²) >= 11 is 0. The number of hydrogen-bond donors (Lipinski definition) is 2. The number of hydrogen-bond acceptors (Lipinski definition) is 5. The molecule has 0 bridgehead atoms. The summed E-state index contributed by atoms with van der Waals surface area (Å²) in [7, 11) is 1.60. The van der Waals surface area contributed by atoms with Gasteiger partial charge in [-0.3, -0.25) is 9.59 Å². The van der Waals surface area contributed by atoms with E-state index < -0.39 is 11.5 Å². The normalized spacial score (nSPS) is 10.7. The first-order chi connectivity index (χ1) is 12.7. The van der Waals surface area contributed by atoms with E-state index in [1.807, 2.05) is 18.2 Å². The Hall–Kier alpha value is -3.19. The summed E-state index contributed by atoms with van der Waals surface area (Å²) in [5.74, 6) is 0.0560. The van der Waals surface area contributed by atoms with Crippen LogP contribution in [0.5, 0.6) is 5.88 Å². The fourth-order valence-corrected chi connectivity index (χ4v) is 2.42. The second-order valence-electron chi connectivity index (χ2n) is 5.63. The first-order valence-corrected chi connectivity index (χ1v) is 8.14. The molecule has 0 aliphatic rings. The summed E-state index contributed by atoms with van der Waals surface area (Å²) in [6, 6.07) is 12.4. The molecule has 1 amide bonds. The third-order valence-corrected chi connectivity index (χ3v) is 3.79. The summed E-state index contributed by atoms with van der Waals surface area (Å²) in [6.45, 7) is 1.17. The van der Waals surface area contributed by atoms with Gasteiger partial charge >= 0.3 is 0 Å². The largest absolute Gasteiger partial charge is 0.475 e. The van der Waals surface area contributed by atoms with Crippen LogP contribution in [0.4, 0.5) is 0 Å². The summed E-state index contributed by atoms with van der Waals surface area (Å²) in [6.07, 6.45) is 1.62. The molecular weight excluding hydrogens is 334 g/mol. The van der Waals surface area contributed by atoms with Gasteiger partial charge in [-0.05, 0) is 23.1 Å². The van der Waals surface area contributed by atoms with E-state index in [9.17, 15) is 9.59 Å². The molecule has 3 rings (SSSR count). The minimum Gasteiger partial charge on any atom is -0.475 e. The number of ether oxygens (including phenoxy) is 2. The maximum atomic E-state index is 12.3. The Bertz CT molecular complexity index is 951. The number of methoxy groups -OCH3 is 1. The average Bonchev–Trinajstić information content (AvgIpc) is 2.67. The Balaban J connectivity index is 1.63. The first kappa shape index (κ1) is 17.6. The number of carbonyl (C=O) groups excluding carboxylic acids is 1. The van der Waals surface area contributed by atoms with E-state index in [2.05, 4.69) is 15.3 Å². The van der Waals surface area contributed by atoms with Crippen molar-refractivity contribution in [2.75, 3.05) is 20.3 Å². The van der Waals surface area contributed by atoms with Crippen molar-refractivity contribution in [3.05, 3.63) is 70.1 Å². The lowest BCUT2D eigenvalue weighted by Crippen LogP contribution is -2.29. The van der Waals surface area contributed by atoms with Gasteiger partial charge in [-0.1, -0.05) is 24.3 Å². The van der Waals surface area contributed by atoms with Crippen LogP contribution in [0.1, 0.15) is 15.9 Å². The number of para-hydroxylation sites is 1. The Morgan fingerprint density at radius 3 is 2.81 bits per heavy atom. The molecule has 2 N–H and O–H groups in total. The van der Waals surface area contributed by atoms with Gasteiger partial charge in [0.25, 0.3) is 11.5 Å². The predicted molar refractivity (Wildman–Crippen MR) is 97.3 cm³/mol. The van der Waals surface area contributed by atoms with Crippen LogP contribution >= 0.6 is 0 Å². The predicted octanol–water partition coefficient (Wildman–Crippen LogP) is 1.88. The SMILES string of the molecule is COCCOc1ccc(CNC(=O)c2cc3ccccc3[nH]c2=O)cn1. The van der Waals surface area contributed by atoms with Crippen molar-refractivity contribution in [2.24, 2.45) is 0 Å². The Kier molecular flexibility index (Phi) is 5.60. The highest BCUT2D eigenvalue weighted by molar-refractivity contribution is 5.97. The first-order valence-electron chi connectivity index (χ1n) is 8.14. The van der Waals surface area contributed by atoms with Gasteiger partial charge in [-0.15, -0.1) is 0 Å². The highest BCUT2D eigenvalue weighted by Crippen LogP contribution is 2.11. The van der Waals surface area contributed by atoms with Crippen molar-refractivity contribution >= 4 is 16.8 Å². The molecule has 0 aliphatic carbocycles. The van der Waals surface area contributed by atoms with Gasteiger partial charge in [0.2, 0.25) is 5.88 Å². The van der Waals surface area contributed by atoms with Crippen LogP contribution in [0.25, 0.3) is 10.9 Å². The molecule has 134 valence electrons. The minimum absolute atomic E-state index is 0.0798. The number of rotatable bonds is 7. The van der Waals surface area contributed by atoms with Crippen LogP contribution in [-0.2, 0) is 11.3 Å². The van der Waals surface area contributed by atoms with Gasteiger partial charge in [0, 0.05) is 31.4 Å². The summed E-state index contributed by atoms with van der Waals surface area (Å²) in [5.41, 5.74) is 1.16. The van der Waals surface area contributed by atoms with Crippen LogP contribution < -0.4 is 15.6 Å². The maximum absolute atomic E-state index is 12.3. The van der Waals surface area contributed by atoms with Gasteiger partial charge in [-0.2, -0.15) is 0 Å². The lowest BCUT2D eigenvalue weighted by atomic mass is 10.1. The summed E-state index contributed by atoms with van der Waals surface area (Å²) in [4.78, 5) is 31.3. The second kappa shape index (κ2) is 8.26. The highest BCUT2D eigenvalue weighted by atomic mass is 16.5. The van der Waals surface area contributed by atoms with E-state index in [0.29, 0.717) is 24.6 Å². The number of carbonyl (C=O) groups is 1. The van der Waals surface area contributed by atoms with Crippen LogP contribution in [0.3, 0.4) is 0 Å². The molecule has 0 atom stereocenters. The minimum atomic E-state index is -0.433. The summed E-state index contributed by atoms with van der Waals surface area (Å²) in [5, 5.41) is 3.54. The molecule has 0 fully saturated rings. The molecule has 1 aromatic carbocycles. The highest BCUT2D eigenvalue weighted by Gasteiger charge is 2.11.